The SMILES string of the molecule is FC(F)(F)c1cc([B-](c2cc(C(F)(F)F)cc(C(F)(F)F)c2)(c2cc(C(F)(F)F)cc(C(F)(F)F)c2)c2cc(C(F)(F)F)cc(C(F)(F)F)c2)cc(C(F)(F)F)c1.O=C(C[n+]1ccccc1Br)c1ccccc1. The van der Waals surface area contributed by atoms with Gasteiger partial charge in [0.1, 0.15) is 6.15 Å². The number of Topliss-reactive ketones (excluding diaryl/α,β-unsaturated/α-hetero) is 1. The third-order valence-corrected chi connectivity index (χ3v) is 11.5. The Kier molecular flexibility index (Phi) is 15.7. The maximum Gasteiger partial charge on any atom is 0.416 e. The number of hydrogen-bond acceptors (Lipinski definition) is 1. The number of hydrogen-bond donors (Lipinski definition) is 0. The van der Waals surface area contributed by atoms with Crippen molar-refractivity contribution >= 4 is 49.7 Å². The molecule has 6 rings (SSSR count). The van der Waals surface area contributed by atoms with Gasteiger partial charge < -0.3 is 0 Å². The zero-order valence-electron chi connectivity index (χ0n) is 35.2. The molecule has 0 saturated heterocycles. The standard InChI is InChI=1S/C32H12BF24.C13H11BrNO/c34-25(35,36)13-1-14(26(37,38)39)6-21(5-13)33(22-7-15(27(40,41)42)2-16(8-22)28(43,44)45,23-9-17(29(46,47)48)3-18(10-23)30(49,50)51)24-11-19(31(52,53)54)4-20(12-24)32(55,56)57;14-13-8-4-5-9-15(13)10-12(16)11-6-2-1-3-7-11/h1-12H;1-9H,10H2/q-1;+1. The molecule has 392 valence electrons. The first kappa shape index (κ1) is 57.7. The number of pyridine rings is 1. The topological polar surface area (TPSA) is 20.9 Å². The Hall–Kier alpha value is -6.22. The van der Waals surface area contributed by atoms with Crippen LogP contribution in [0.5, 0.6) is 0 Å². The largest absolute Gasteiger partial charge is 0.416 e. The highest BCUT2D eigenvalue weighted by Gasteiger charge is 2.47. The van der Waals surface area contributed by atoms with Crippen LogP contribution in [0.25, 0.3) is 0 Å². The van der Waals surface area contributed by atoms with Crippen molar-refractivity contribution in [2.24, 2.45) is 0 Å². The van der Waals surface area contributed by atoms with Gasteiger partial charge in [-0.25, -0.2) is 0 Å². The summed E-state index contributed by atoms with van der Waals surface area (Å²) in [7, 11) is 0. The summed E-state index contributed by atoms with van der Waals surface area (Å²) in [5.74, 6) is 0.109. The van der Waals surface area contributed by atoms with Crippen LogP contribution in [-0.2, 0) is 56.0 Å². The van der Waals surface area contributed by atoms with Crippen molar-refractivity contribution in [1.29, 1.82) is 0 Å². The molecular weight excluding hydrogens is 1120 g/mol. The monoisotopic (exact) mass is 1140 g/mol. The van der Waals surface area contributed by atoms with Crippen molar-refractivity contribution in [2.45, 2.75) is 56.0 Å². The summed E-state index contributed by atoms with van der Waals surface area (Å²) < 4.78 is 344. The minimum absolute atomic E-state index is 0.109. The van der Waals surface area contributed by atoms with Crippen LogP contribution in [0.4, 0.5) is 105 Å². The first-order valence-corrected chi connectivity index (χ1v) is 20.4. The second kappa shape index (κ2) is 19.9. The molecule has 5 aromatic carbocycles. The summed E-state index contributed by atoms with van der Waals surface area (Å²) in [6.45, 7) is 0.353. The summed E-state index contributed by atoms with van der Waals surface area (Å²) in [4.78, 5) is 11.9. The second-order valence-electron chi connectivity index (χ2n) is 15.7. The summed E-state index contributed by atoms with van der Waals surface area (Å²) in [6, 6.07) is 6.25. The van der Waals surface area contributed by atoms with Gasteiger partial charge in [0.15, 0.2) is 6.20 Å². The zero-order valence-corrected chi connectivity index (χ0v) is 36.8. The molecule has 0 saturated carbocycles. The summed E-state index contributed by atoms with van der Waals surface area (Å²) in [5.41, 5.74) is -29.5. The number of halogens is 25. The van der Waals surface area contributed by atoms with Crippen molar-refractivity contribution in [3.63, 3.8) is 0 Å². The van der Waals surface area contributed by atoms with Crippen LogP contribution in [0.15, 0.2) is 132 Å². The molecule has 0 amide bonds. The zero-order chi connectivity index (χ0) is 55.3. The number of aromatic nitrogens is 1. The maximum absolute atomic E-state index is 14.2. The van der Waals surface area contributed by atoms with Crippen molar-refractivity contribution in [2.75, 3.05) is 0 Å². The van der Waals surface area contributed by atoms with Gasteiger partial charge in [-0.05, 0) is 30.3 Å². The van der Waals surface area contributed by atoms with E-state index in [1.807, 2.05) is 59.3 Å². The van der Waals surface area contributed by atoms with Gasteiger partial charge in [-0.2, -0.15) is 132 Å². The molecular formula is C45H23BBrF24NO. The van der Waals surface area contributed by atoms with Crippen LogP contribution < -0.4 is 26.4 Å². The predicted molar refractivity (Wildman–Crippen MR) is 215 cm³/mol. The average molecular weight is 1140 g/mol. The van der Waals surface area contributed by atoms with E-state index in [0.29, 0.717) is 6.54 Å². The molecule has 0 spiro atoms. The molecule has 0 atom stereocenters. The van der Waals surface area contributed by atoms with Crippen LogP contribution in [0.1, 0.15) is 54.9 Å². The quantitative estimate of drug-likeness (QED) is 0.0513. The van der Waals surface area contributed by atoms with Gasteiger partial charge in [0, 0.05) is 33.6 Å². The van der Waals surface area contributed by atoms with Crippen molar-refractivity contribution < 1.29 is 115 Å². The van der Waals surface area contributed by atoms with Crippen molar-refractivity contribution in [1.82, 2.24) is 0 Å². The van der Waals surface area contributed by atoms with Gasteiger partial charge >= 0.3 is 49.4 Å². The van der Waals surface area contributed by atoms with E-state index in [1.165, 1.54) is 0 Å². The average Bonchev–Trinajstić information content (AvgIpc) is 3.25. The lowest BCUT2D eigenvalue weighted by atomic mass is 9.12. The number of nitrogens with zero attached hydrogens (tertiary/aromatic N) is 1. The summed E-state index contributed by atoms with van der Waals surface area (Å²) in [5, 5.41) is 0. The van der Waals surface area contributed by atoms with E-state index >= 15 is 0 Å². The molecule has 2 nitrogen and oxygen atoms in total. The number of ketones is 1. The van der Waals surface area contributed by atoms with Crippen LogP contribution >= 0.6 is 15.9 Å². The van der Waals surface area contributed by atoms with Crippen LogP contribution in [-0.4, -0.2) is 11.9 Å². The van der Waals surface area contributed by atoms with Crippen LogP contribution in [0.3, 0.4) is 0 Å². The first-order valence-electron chi connectivity index (χ1n) is 19.6. The lowest BCUT2D eigenvalue weighted by molar-refractivity contribution is -0.694. The van der Waals surface area contributed by atoms with E-state index in [4.69, 9.17) is 0 Å². The molecule has 0 unspecified atom stereocenters. The Balaban J connectivity index is 0.000000520. The third-order valence-electron chi connectivity index (χ3n) is 10.7. The Labute approximate surface area is 401 Å². The molecule has 0 bridgehead atoms. The molecule has 0 radical (unpaired) electrons. The van der Waals surface area contributed by atoms with Gasteiger partial charge in [0.05, 0.1) is 44.5 Å². The van der Waals surface area contributed by atoms with Gasteiger partial charge in [-0.15, -0.1) is 0 Å². The van der Waals surface area contributed by atoms with E-state index < -0.39 is 195 Å². The van der Waals surface area contributed by atoms with E-state index in [1.54, 1.807) is 0 Å². The molecule has 28 heteroatoms. The lowest BCUT2D eigenvalue weighted by Crippen LogP contribution is -2.75. The summed E-state index contributed by atoms with van der Waals surface area (Å²) >= 11 is 3.41. The van der Waals surface area contributed by atoms with Crippen LogP contribution in [0, 0.1) is 0 Å². The van der Waals surface area contributed by atoms with E-state index in [0.717, 1.165) is 10.2 Å². The fourth-order valence-electron chi connectivity index (χ4n) is 7.52. The Morgan fingerprint density at radius 2 is 0.589 bits per heavy atom. The molecule has 1 aromatic heterocycles. The Morgan fingerprint density at radius 1 is 0.356 bits per heavy atom. The third kappa shape index (κ3) is 13.5. The highest BCUT2D eigenvalue weighted by molar-refractivity contribution is 9.10. The second-order valence-corrected chi connectivity index (χ2v) is 16.5. The number of carbonyl (C=O) groups excluding carboxylic acids is 1. The number of carbonyl (C=O) groups is 1. The van der Waals surface area contributed by atoms with Gasteiger partial charge in [-0.3, -0.25) is 4.79 Å². The molecule has 0 fully saturated rings. The minimum atomic E-state index is -6.13. The molecule has 0 aliphatic rings. The van der Waals surface area contributed by atoms with Crippen molar-refractivity contribution in [3.8, 4) is 0 Å². The molecule has 1 heterocycles. The molecule has 73 heavy (non-hydrogen) atoms. The molecule has 6 aromatic rings. The number of alkyl halides is 24. The highest BCUT2D eigenvalue weighted by Crippen LogP contribution is 2.41. The van der Waals surface area contributed by atoms with E-state index in [9.17, 15) is 110 Å². The minimum Gasteiger partial charge on any atom is -0.287 e. The molecule has 0 aliphatic heterocycles. The smallest absolute Gasteiger partial charge is 0.287 e. The molecule has 0 aliphatic carbocycles. The fraction of sp³-hybridized carbons (Fsp3) is 0.200. The Bertz CT molecular complexity index is 2530. The Morgan fingerprint density at radius 3 is 0.808 bits per heavy atom. The number of benzene rings is 5. The highest BCUT2D eigenvalue weighted by atomic mass is 79.9. The summed E-state index contributed by atoms with van der Waals surface area (Å²) in [6.07, 6.45) is -52.9. The number of rotatable bonds is 7. The van der Waals surface area contributed by atoms with Gasteiger partial charge in [0.2, 0.25) is 16.9 Å². The predicted octanol–water partition coefficient (Wildman–Crippen LogP) is 13.8. The van der Waals surface area contributed by atoms with Crippen molar-refractivity contribution in [3.05, 3.63) is 182 Å². The maximum atomic E-state index is 14.2. The fourth-order valence-corrected chi connectivity index (χ4v) is 7.92. The van der Waals surface area contributed by atoms with E-state index in [-0.39, 0.29) is 5.78 Å². The molecule has 0 N–H and O–H groups in total. The van der Waals surface area contributed by atoms with E-state index in [2.05, 4.69) is 15.9 Å². The van der Waals surface area contributed by atoms with Gasteiger partial charge in [-0.1, -0.05) is 78.9 Å². The lowest BCUT2D eigenvalue weighted by Gasteiger charge is -2.46. The van der Waals surface area contributed by atoms with Crippen LogP contribution in [0.2, 0.25) is 0 Å². The first-order chi connectivity index (χ1) is 33.0. The van der Waals surface area contributed by atoms with Gasteiger partial charge in [0.25, 0.3) is 0 Å². The normalized spacial score (nSPS) is 13.4.